The Hall–Kier alpha value is -2.26. The fourth-order valence-corrected chi connectivity index (χ4v) is 1.21. The summed E-state index contributed by atoms with van der Waals surface area (Å²) >= 11 is 0. The molecule has 1 heterocycles. The lowest BCUT2D eigenvalue weighted by Gasteiger charge is -2.00. The van der Waals surface area contributed by atoms with Crippen molar-refractivity contribution < 1.29 is 4.79 Å². The predicted molar refractivity (Wildman–Crippen MR) is 53.2 cm³/mol. The first kappa shape index (κ1) is 9.30. The standard InChI is InChI=1S/C10H8N4O/c15-8-11-7-9-1-3-10(4-2-9)14-12-5-6-13-14/h1-6H,7H2. The van der Waals surface area contributed by atoms with Gasteiger partial charge in [-0.3, -0.25) is 0 Å². The highest BCUT2D eigenvalue weighted by atomic mass is 16.1. The lowest BCUT2D eigenvalue weighted by Crippen LogP contribution is -1.97. The van der Waals surface area contributed by atoms with E-state index in [0.717, 1.165) is 11.3 Å². The molecule has 0 aliphatic heterocycles. The molecule has 0 aliphatic carbocycles. The smallest absolute Gasteiger partial charge is 0.211 e. The minimum absolute atomic E-state index is 0.357. The fourth-order valence-electron chi connectivity index (χ4n) is 1.21. The van der Waals surface area contributed by atoms with Crippen molar-refractivity contribution in [2.45, 2.75) is 6.54 Å². The molecular formula is C10H8N4O. The van der Waals surface area contributed by atoms with E-state index in [1.54, 1.807) is 12.4 Å². The van der Waals surface area contributed by atoms with Gasteiger partial charge in [-0.25, -0.2) is 9.79 Å². The van der Waals surface area contributed by atoms with Gasteiger partial charge in [0.15, 0.2) is 0 Å². The lowest BCUT2D eigenvalue weighted by molar-refractivity contribution is 0.563. The van der Waals surface area contributed by atoms with Crippen LogP contribution in [0.4, 0.5) is 0 Å². The molecule has 0 radical (unpaired) electrons. The van der Waals surface area contributed by atoms with Crippen LogP contribution in [0.5, 0.6) is 0 Å². The Morgan fingerprint density at radius 3 is 2.47 bits per heavy atom. The van der Waals surface area contributed by atoms with Crippen LogP contribution in [0.15, 0.2) is 41.7 Å². The van der Waals surface area contributed by atoms with Crippen LogP contribution in [0.3, 0.4) is 0 Å². The molecule has 2 aromatic rings. The van der Waals surface area contributed by atoms with Crippen molar-refractivity contribution in [2.75, 3.05) is 0 Å². The van der Waals surface area contributed by atoms with E-state index >= 15 is 0 Å². The number of hydrogen-bond donors (Lipinski definition) is 0. The summed E-state index contributed by atoms with van der Waals surface area (Å²) in [6, 6.07) is 7.49. The third kappa shape index (κ3) is 2.15. The molecule has 0 fully saturated rings. The van der Waals surface area contributed by atoms with E-state index in [4.69, 9.17) is 0 Å². The summed E-state index contributed by atoms with van der Waals surface area (Å²) in [5.74, 6) is 0. The Labute approximate surface area is 86.1 Å². The Morgan fingerprint density at radius 2 is 1.87 bits per heavy atom. The van der Waals surface area contributed by atoms with Gasteiger partial charge in [-0.15, -0.1) is 0 Å². The molecule has 0 aliphatic rings. The molecule has 0 N–H and O–H groups in total. The zero-order valence-corrected chi connectivity index (χ0v) is 7.87. The number of rotatable bonds is 3. The van der Waals surface area contributed by atoms with Gasteiger partial charge in [0.1, 0.15) is 0 Å². The van der Waals surface area contributed by atoms with Gasteiger partial charge < -0.3 is 0 Å². The number of isocyanates is 1. The van der Waals surface area contributed by atoms with E-state index < -0.39 is 0 Å². The summed E-state index contributed by atoms with van der Waals surface area (Å²) in [6.45, 7) is 0.357. The number of nitrogens with zero attached hydrogens (tertiary/aromatic N) is 4. The molecule has 0 amide bonds. The van der Waals surface area contributed by atoms with Crippen molar-refractivity contribution in [2.24, 2.45) is 4.99 Å². The van der Waals surface area contributed by atoms with Crippen LogP contribution in [0, 0.1) is 0 Å². The zero-order chi connectivity index (χ0) is 10.5. The summed E-state index contributed by atoms with van der Waals surface area (Å²) in [7, 11) is 0. The monoisotopic (exact) mass is 200 g/mol. The second-order valence-electron chi connectivity index (χ2n) is 2.89. The van der Waals surface area contributed by atoms with Gasteiger partial charge in [-0.05, 0) is 17.7 Å². The summed E-state index contributed by atoms with van der Waals surface area (Å²) in [4.78, 5) is 14.9. The van der Waals surface area contributed by atoms with Crippen molar-refractivity contribution in [3.8, 4) is 5.69 Å². The number of hydrogen-bond acceptors (Lipinski definition) is 4. The van der Waals surface area contributed by atoms with E-state index in [1.807, 2.05) is 24.3 Å². The van der Waals surface area contributed by atoms with Crippen LogP contribution in [-0.4, -0.2) is 21.1 Å². The van der Waals surface area contributed by atoms with E-state index in [2.05, 4.69) is 15.2 Å². The highest BCUT2D eigenvalue weighted by Crippen LogP contribution is 2.07. The minimum atomic E-state index is 0.357. The van der Waals surface area contributed by atoms with Crippen molar-refractivity contribution in [1.29, 1.82) is 0 Å². The molecule has 5 heteroatoms. The van der Waals surface area contributed by atoms with E-state index in [0.29, 0.717) is 6.54 Å². The molecule has 5 nitrogen and oxygen atoms in total. The van der Waals surface area contributed by atoms with Crippen LogP contribution in [0.1, 0.15) is 5.56 Å². The van der Waals surface area contributed by atoms with Crippen molar-refractivity contribution in [3.05, 3.63) is 42.2 Å². The molecule has 1 aromatic carbocycles. The van der Waals surface area contributed by atoms with Gasteiger partial charge in [0.05, 0.1) is 24.6 Å². The number of carbonyl (C=O) groups excluding carboxylic acids is 1. The molecule has 0 spiro atoms. The Balaban J connectivity index is 2.21. The van der Waals surface area contributed by atoms with E-state index in [9.17, 15) is 4.79 Å². The molecule has 1 aromatic heterocycles. The summed E-state index contributed by atoms with van der Waals surface area (Å²) in [5.41, 5.74) is 1.83. The second kappa shape index (κ2) is 4.30. The molecule has 0 atom stereocenters. The average Bonchev–Trinajstić information content (AvgIpc) is 2.80. The molecular weight excluding hydrogens is 192 g/mol. The molecule has 0 saturated carbocycles. The van der Waals surface area contributed by atoms with Gasteiger partial charge in [-0.1, -0.05) is 12.1 Å². The molecule has 0 unspecified atom stereocenters. The molecule has 0 saturated heterocycles. The van der Waals surface area contributed by atoms with E-state index in [-0.39, 0.29) is 0 Å². The van der Waals surface area contributed by atoms with Gasteiger partial charge in [0.2, 0.25) is 6.08 Å². The van der Waals surface area contributed by atoms with Crippen molar-refractivity contribution in [1.82, 2.24) is 15.0 Å². The maximum atomic E-state index is 9.92. The van der Waals surface area contributed by atoms with E-state index in [1.165, 1.54) is 10.9 Å². The fraction of sp³-hybridized carbons (Fsp3) is 0.100. The highest BCUT2D eigenvalue weighted by molar-refractivity contribution is 5.35. The van der Waals surface area contributed by atoms with Gasteiger partial charge in [0, 0.05) is 0 Å². The topological polar surface area (TPSA) is 60.1 Å². The summed E-state index contributed by atoms with van der Waals surface area (Å²) in [6.07, 6.45) is 4.73. The molecule has 74 valence electrons. The SMILES string of the molecule is O=C=NCc1ccc(-n2nccn2)cc1. The van der Waals surface area contributed by atoms with Crippen LogP contribution in [0.25, 0.3) is 5.69 Å². The molecule has 0 bridgehead atoms. The summed E-state index contributed by atoms with van der Waals surface area (Å²) < 4.78 is 0. The maximum absolute atomic E-state index is 9.92. The Bertz CT molecular complexity index is 469. The van der Waals surface area contributed by atoms with Gasteiger partial charge in [-0.2, -0.15) is 15.0 Å². The van der Waals surface area contributed by atoms with Crippen molar-refractivity contribution in [3.63, 3.8) is 0 Å². The normalized spacial score (nSPS) is 9.60. The lowest BCUT2D eigenvalue weighted by atomic mass is 10.2. The average molecular weight is 200 g/mol. The van der Waals surface area contributed by atoms with Crippen molar-refractivity contribution >= 4 is 6.08 Å². The van der Waals surface area contributed by atoms with Gasteiger partial charge >= 0.3 is 0 Å². The largest absolute Gasteiger partial charge is 0.235 e. The number of benzene rings is 1. The first-order valence-corrected chi connectivity index (χ1v) is 4.39. The molecule has 2 rings (SSSR count). The minimum Gasteiger partial charge on any atom is -0.211 e. The third-order valence-corrected chi connectivity index (χ3v) is 1.91. The quantitative estimate of drug-likeness (QED) is 0.550. The van der Waals surface area contributed by atoms with Gasteiger partial charge in [0.25, 0.3) is 0 Å². The number of aliphatic imine (C=N–C) groups is 1. The Kier molecular flexibility index (Phi) is 2.67. The third-order valence-electron chi connectivity index (χ3n) is 1.91. The van der Waals surface area contributed by atoms with Crippen LogP contribution in [-0.2, 0) is 11.3 Å². The predicted octanol–water partition coefficient (Wildman–Crippen LogP) is 1.10. The number of aromatic nitrogens is 3. The highest BCUT2D eigenvalue weighted by Gasteiger charge is 1.97. The zero-order valence-electron chi connectivity index (χ0n) is 7.87. The molecule has 15 heavy (non-hydrogen) atoms. The summed E-state index contributed by atoms with van der Waals surface area (Å²) in [5, 5.41) is 8.00. The second-order valence-corrected chi connectivity index (χ2v) is 2.89. The van der Waals surface area contributed by atoms with Crippen LogP contribution in [0.2, 0.25) is 0 Å². The Morgan fingerprint density at radius 1 is 1.20 bits per heavy atom. The first-order valence-electron chi connectivity index (χ1n) is 4.39. The maximum Gasteiger partial charge on any atom is 0.235 e. The first-order chi connectivity index (χ1) is 7.40. The van der Waals surface area contributed by atoms with Crippen LogP contribution < -0.4 is 0 Å². The van der Waals surface area contributed by atoms with Crippen LogP contribution >= 0.6 is 0 Å².